The van der Waals surface area contributed by atoms with Gasteiger partial charge in [0.25, 0.3) is 0 Å². The third-order valence-electron chi connectivity index (χ3n) is 6.74. The van der Waals surface area contributed by atoms with Gasteiger partial charge in [-0.3, -0.25) is 14.7 Å². The number of nitrogens with two attached hydrogens (primary N) is 1. The quantitative estimate of drug-likeness (QED) is 0.449. The molecule has 3 heterocycles. The van der Waals surface area contributed by atoms with Crippen LogP contribution in [0, 0.1) is 12.7 Å². The number of likely N-dealkylation sites (tertiary alicyclic amines) is 1. The van der Waals surface area contributed by atoms with E-state index in [9.17, 15) is 9.18 Å². The highest BCUT2D eigenvalue weighted by Gasteiger charge is 2.23. The number of rotatable bonds is 5. The molecular formula is C27H27FN4O. The Balaban J connectivity index is 1.24. The number of aromatic nitrogens is 2. The summed E-state index contributed by atoms with van der Waals surface area (Å²) in [5.74, 6) is -0.202. The van der Waals surface area contributed by atoms with Gasteiger partial charge in [-0.15, -0.1) is 0 Å². The van der Waals surface area contributed by atoms with E-state index in [-0.39, 0.29) is 5.82 Å². The van der Waals surface area contributed by atoms with E-state index in [0.717, 1.165) is 65.9 Å². The molecule has 0 atom stereocenters. The summed E-state index contributed by atoms with van der Waals surface area (Å²) in [6, 6.07) is 16.4. The molecule has 33 heavy (non-hydrogen) atoms. The minimum atomic E-state index is -0.429. The Morgan fingerprint density at radius 3 is 2.67 bits per heavy atom. The fourth-order valence-electron chi connectivity index (χ4n) is 4.84. The van der Waals surface area contributed by atoms with Crippen LogP contribution in [0.25, 0.3) is 22.0 Å². The van der Waals surface area contributed by atoms with Gasteiger partial charge in [0.1, 0.15) is 5.82 Å². The fourth-order valence-corrected chi connectivity index (χ4v) is 4.84. The summed E-state index contributed by atoms with van der Waals surface area (Å²) in [4.78, 5) is 22.0. The Hall–Kier alpha value is -3.51. The van der Waals surface area contributed by atoms with E-state index in [2.05, 4.69) is 28.9 Å². The van der Waals surface area contributed by atoms with Gasteiger partial charge < -0.3 is 10.7 Å². The molecule has 1 saturated heterocycles. The number of nitrogens with one attached hydrogen (secondary N) is 1. The van der Waals surface area contributed by atoms with Crippen molar-refractivity contribution in [3.8, 4) is 11.1 Å². The molecule has 6 heteroatoms. The Labute approximate surface area is 192 Å². The SMILES string of the molecule is Cc1[nH]c2ccc(F)cc2c1CN1CCC(c2ccc(-c3cccc(C(N)=O)c3)cn2)CC1. The maximum absolute atomic E-state index is 13.8. The molecule has 5 nitrogen and oxygen atoms in total. The molecule has 2 aromatic heterocycles. The standard InChI is InChI=1S/C27H27FN4O/c1-17-24(23-14-22(28)6-8-26(23)31-17)16-32-11-9-18(10-12-32)25-7-5-21(15-30-25)19-3-2-4-20(13-19)27(29)33/h2-8,13-15,18,31H,9-12,16H2,1H3,(H2,29,33). The molecule has 0 radical (unpaired) electrons. The zero-order valence-electron chi connectivity index (χ0n) is 18.6. The molecule has 1 fully saturated rings. The second-order valence-corrected chi connectivity index (χ2v) is 8.89. The number of aromatic amines is 1. The van der Waals surface area contributed by atoms with Crippen LogP contribution in [0.5, 0.6) is 0 Å². The van der Waals surface area contributed by atoms with Crippen LogP contribution in [-0.2, 0) is 6.54 Å². The van der Waals surface area contributed by atoms with Crippen molar-refractivity contribution in [1.29, 1.82) is 0 Å². The third-order valence-corrected chi connectivity index (χ3v) is 6.74. The van der Waals surface area contributed by atoms with E-state index in [0.29, 0.717) is 11.5 Å². The van der Waals surface area contributed by atoms with Crippen molar-refractivity contribution >= 4 is 16.8 Å². The number of aryl methyl sites for hydroxylation is 1. The second-order valence-electron chi connectivity index (χ2n) is 8.89. The van der Waals surface area contributed by atoms with E-state index in [1.165, 1.54) is 11.6 Å². The first-order valence-corrected chi connectivity index (χ1v) is 11.3. The summed E-state index contributed by atoms with van der Waals surface area (Å²) < 4.78 is 13.8. The van der Waals surface area contributed by atoms with Gasteiger partial charge in [0.05, 0.1) is 0 Å². The van der Waals surface area contributed by atoms with Crippen LogP contribution < -0.4 is 5.73 Å². The number of piperidine rings is 1. The number of halogens is 1. The Kier molecular flexibility index (Phi) is 5.68. The number of carbonyl (C=O) groups excluding carboxylic acids is 1. The number of benzene rings is 2. The number of amides is 1. The Morgan fingerprint density at radius 2 is 1.94 bits per heavy atom. The van der Waals surface area contributed by atoms with Gasteiger partial charge in [-0.25, -0.2) is 4.39 Å². The van der Waals surface area contributed by atoms with Gasteiger partial charge >= 0.3 is 0 Å². The molecule has 0 spiro atoms. The van der Waals surface area contributed by atoms with Gasteiger partial charge in [0.2, 0.25) is 5.91 Å². The second kappa shape index (κ2) is 8.79. The summed E-state index contributed by atoms with van der Waals surface area (Å²) in [6.45, 7) is 4.85. The number of nitrogens with zero attached hydrogens (tertiary/aromatic N) is 2. The predicted octanol–water partition coefficient (Wildman–Crippen LogP) is 5.16. The summed E-state index contributed by atoms with van der Waals surface area (Å²) in [5.41, 5.74) is 12.2. The average Bonchev–Trinajstić information content (AvgIpc) is 3.14. The molecular weight excluding hydrogens is 415 g/mol. The number of hydrogen-bond acceptors (Lipinski definition) is 3. The van der Waals surface area contributed by atoms with Crippen molar-refractivity contribution in [2.24, 2.45) is 5.73 Å². The highest BCUT2D eigenvalue weighted by molar-refractivity contribution is 5.94. The minimum absolute atomic E-state index is 0.197. The summed E-state index contributed by atoms with van der Waals surface area (Å²) in [6.07, 6.45) is 3.96. The van der Waals surface area contributed by atoms with Crippen molar-refractivity contribution in [2.75, 3.05) is 13.1 Å². The average molecular weight is 443 g/mol. The van der Waals surface area contributed by atoms with Crippen LogP contribution >= 0.6 is 0 Å². The van der Waals surface area contributed by atoms with Crippen molar-refractivity contribution < 1.29 is 9.18 Å². The van der Waals surface area contributed by atoms with Crippen molar-refractivity contribution in [2.45, 2.75) is 32.2 Å². The van der Waals surface area contributed by atoms with Crippen LogP contribution in [0.2, 0.25) is 0 Å². The van der Waals surface area contributed by atoms with Gasteiger partial charge in [0, 0.05) is 52.1 Å². The van der Waals surface area contributed by atoms with Crippen molar-refractivity contribution in [1.82, 2.24) is 14.9 Å². The normalized spacial score (nSPS) is 15.2. The summed E-state index contributed by atoms with van der Waals surface area (Å²) in [7, 11) is 0. The smallest absolute Gasteiger partial charge is 0.248 e. The molecule has 168 valence electrons. The molecule has 5 rings (SSSR count). The number of hydrogen-bond donors (Lipinski definition) is 2. The zero-order chi connectivity index (χ0) is 22.9. The first-order valence-electron chi connectivity index (χ1n) is 11.3. The molecule has 1 aliphatic rings. The summed E-state index contributed by atoms with van der Waals surface area (Å²) in [5, 5.41) is 0.979. The zero-order valence-corrected chi connectivity index (χ0v) is 18.6. The fraction of sp³-hybridized carbons (Fsp3) is 0.259. The topological polar surface area (TPSA) is 75.0 Å². The molecule has 0 saturated carbocycles. The van der Waals surface area contributed by atoms with Crippen LogP contribution in [0.1, 0.15) is 46.1 Å². The lowest BCUT2D eigenvalue weighted by Crippen LogP contribution is -2.32. The molecule has 2 aromatic carbocycles. The lowest BCUT2D eigenvalue weighted by atomic mass is 9.92. The van der Waals surface area contributed by atoms with E-state index >= 15 is 0 Å². The van der Waals surface area contributed by atoms with E-state index in [1.54, 1.807) is 18.2 Å². The monoisotopic (exact) mass is 442 g/mol. The number of fused-ring (bicyclic) bond motifs is 1. The minimum Gasteiger partial charge on any atom is -0.366 e. The van der Waals surface area contributed by atoms with Crippen molar-refractivity contribution in [3.63, 3.8) is 0 Å². The first kappa shape index (κ1) is 21.3. The van der Waals surface area contributed by atoms with E-state index in [4.69, 9.17) is 10.7 Å². The maximum atomic E-state index is 13.8. The van der Waals surface area contributed by atoms with Crippen LogP contribution in [0.4, 0.5) is 4.39 Å². The van der Waals surface area contributed by atoms with Crippen molar-refractivity contribution in [3.05, 3.63) is 89.1 Å². The maximum Gasteiger partial charge on any atom is 0.248 e. The van der Waals surface area contributed by atoms with Crippen LogP contribution in [0.15, 0.2) is 60.8 Å². The Bertz CT molecular complexity index is 1300. The highest BCUT2D eigenvalue weighted by Crippen LogP contribution is 2.31. The molecule has 4 aromatic rings. The van der Waals surface area contributed by atoms with E-state index < -0.39 is 5.91 Å². The Morgan fingerprint density at radius 1 is 1.12 bits per heavy atom. The predicted molar refractivity (Wildman–Crippen MR) is 128 cm³/mol. The van der Waals surface area contributed by atoms with Crippen LogP contribution in [-0.4, -0.2) is 33.9 Å². The number of carbonyl (C=O) groups is 1. The lowest BCUT2D eigenvalue weighted by molar-refractivity contribution is 0.100. The molecule has 1 aliphatic heterocycles. The highest BCUT2D eigenvalue weighted by atomic mass is 19.1. The third kappa shape index (κ3) is 4.39. The first-order chi connectivity index (χ1) is 16.0. The lowest BCUT2D eigenvalue weighted by Gasteiger charge is -2.31. The van der Waals surface area contributed by atoms with E-state index in [1.807, 2.05) is 24.4 Å². The number of pyridine rings is 1. The number of primary amides is 1. The van der Waals surface area contributed by atoms with Gasteiger partial charge in [-0.2, -0.15) is 0 Å². The number of H-pyrrole nitrogens is 1. The van der Waals surface area contributed by atoms with Gasteiger partial charge in [-0.1, -0.05) is 18.2 Å². The van der Waals surface area contributed by atoms with Gasteiger partial charge in [0.15, 0.2) is 0 Å². The van der Waals surface area contributed by atoms with Crippen LogP contribution in [0.3, 0.4) is 0 Å². The molecule has 0 aliphatic carbocycles. The molecule has 0 unspecified atom stereocenters. The van der Waals surface area contributed by atoms with Gasteiger partial charge in [-0.05, 0) is 80.4 Å². The summed E-state index contributed by atoms with van der Waals surface area (Å²) >= 11 is 0. The molecule has 0 bridgehead atoms. The largest absolute Gasteiger partial charge is 0.366 e. The molecule has 1 amide bonds. The molecule has 3 N–H and O–H groups in total.